The van der Waals surface area contributed by atoms with E-state index >= 15 is 0 Å². The third-order valence-corrected chi connectivity index (χ3v) is 2.50. The molecular weight excluding hydrogens is 215 g/mol. The van der Waals surface area contributed by atoms with Crippen molar-refractivity contribution in [2.24, 2.45) is 0 Å². The lowest BCUT2D eigenvalue weighted by atomic mass is 10.1. The second kappa shape index (κ2) is 5.66. The van der Waals surface area contributed by atoms with Crippen molar-refractivity contribution in [3.8, 4) is 0 Å². The van der Waals surface area contributed by atoms with Gasteiger partial charge in [0.25, 0.3) is 0 Å². The van der Waals surface area contributed by atoms with Gasteiger partial charge in [-0.15, -0.1) is 0 Å². The van der Waals surface area contributed by atoms with Gasteiger partial charge in [-0.2, -0.15) is 0 Å². The van der Waals surface area contributed by atoms with Crippen LogP contribution in [-0.4, -0.2) is 6.29 Å². The van der Waals surface area contributed by atoms with Gasteiger partial charge in [0.2, 0.25) is 0 Å². The summed E-state index contributed by atoms with van der Waals surface area (Å²) in [4.78, 5) is 10.8. The van der Waals surface area contributed by atoms with Gasteiger partial charge in [-0.05, 0) is 24.1 Å². The second-order valence-corrected chi connectivity index (χ2v) is 3.59. The molecule has 0 fully saturated rings. The molecule has 15 heavy (non-hydrogen) atoms. The Balaban J connectivity index is 3.04. The molecule has 1 aromatic rings. The standard InChI is InChI=1S/C12H12ClFO/c1-2-3-10(8-15)12(13)9-4-6-11(14)7-5-9/h4-8H,2-3H2,1H3/b12-10+. The van der Waals surface area contributed by atoms with Gasteiger partial charge < -0.3 is 0 Å². The van der Waals surface area contributed by atoms with Crippen LogP contribution in [0.25, 0.3) is 5.03 Å². The fourth-order valence-electron chi connectivity index (χ4n) is 1.27. The van der Waals surface area contributed by atoms with Crippen LogP contribution in [0.1, 0.15) is 25.3 Å². The van der Waals surface area contributed by atoms with Gasteiger partial charge in [-0.25, -0.2) is 4.39 Å². The Bertz CT molecular complexity index is 368. The van der Waals surface area contributed by atoms with Gasteiger partial charge in [0.1, 0.15) is 12.1 Å². The Morgan fingerprint density at radius 3 is 2.47 bits per heavy atom. The van der Waals surface area contributed by atoms with Crippen LogP contribution in [0.5, 0.6) is 0 Å². The van der Waals surface area contributed by atoms with Crippen LogP contribution in [0.2, 0.25) is 0 Å². The molecule has 0 bridgehead atoms. The maximum absolute atomic E-state index is 12.7. The molecule has 0 aliphatic rings. The summed E-state index contributed by atoms with van der Waals surface area (Å²) in [5, 5.41) is 0.409. The van der Waals surface area contributed by atoms with Crippen LogP contribution < -0.4 is 0 Å². The van der Waals surface area contributed by atoms with E-state index in [0.717, 1.165) is 12.7 Å². The van der Waals surface area contributed by atoms with Crippen molar-refractivity contribution >= 4 is 22.9 Å². The summed E-state index contributed by atoms with van der Waals surface area (Å²) < 4.78 is 12.7. The van der Waals surface area contributed by atoms with Crippen molar-refractivity contribution in [3.05, 3.63) is 41.2 Å². The number of hydrogen-bond donors (Lipinski definition) is 0. The van der Waals surface area contributed by atoms with Crippen molar-refractivity contribution in [2.45, 2.75) is 19.8 Å². The predicted octanol–water partition coefficient (Wildman–Crippen LogP) is 3.77. The predicted molar refractivity (Wildman–Crippen MR) is 60.1 cm³/mol. The van der Waals surface area contributed by atoms with E-state index in [1.165, 1.54) is 12.1 Å². The van der Waals surface area contributed by atoms with E-state index in [2.05, 4.69) is 0 Å². The molecule has 0 heterocycles. The highest BCUT2D eigenvalue weighted by Crippen LogP contribution is 2.24. The summed E-state index contributed by atoms with van der Waals surface area (Å²) in [6.45, 7) is 1.97. The summed E-state index contributed by atoms with van der Waals surface area (Å²) in [7, 11) is 0. The number of hydrogen-bond acceptors (Lipinski definition) is 1. The van der Waals surface area contributed by atoms with Crippen LogP contribution in [0.15, 0.2) is 29.8 Å². The van der Waals surface area contributed by atoms with E-state index < -0.39 is 0 Å². The van der Waals surface area contributed by atoms with E-state index in [1.807, 2.05) is 6.92 Å². The van der Waals surface area contributed by atoms with E-state index in [1.54, 1.807) is 12.1 Å². The first kappa shape index (κ1) is 11.9. The molecule has 0 saturated heterocycles. The van der Waals surface area contributed by atoms with Gasteiger partial charge in [0.15, 0.2) is 0 Å². The summed E-state index contributed by atoms with van der Waals surface area (Å²) in [6, 6.07) is 5.78. The zero-order valence-corrected chi connectivity index (χ0v) is 9.22. The molecule has 0 spiro atoms. The SMILES string of the molecule is CCC/C(C=O)=C(\Cl)c1ccc(F)cc1. The van der Waals surface area contributed by atoms with Gasteiger partial charge >= 0.3 is 0 Å². The Labute approximate surface area is 93.6 Å². The average molecular weight is 227 g/mol. The minimum Gasteiger partial charge on any atom is -0.298 e. The summed E-state index contributed by atoms with van der Waals surface area (Å²) in [5.41, 5.74) is 1.24. The number of benzene rings is 1. The van der Waals surface area contributed by atoms with Gasteiger partial charge in [0, 0.05) is 5.57 Å². The normalized spacial score (nSPS) is 12.2. The molecule has 0 unspecified atom stereocenters. The van der Waals surface area contributed by atoms with Crippen molar-refractivity contribution < 1.29 is 9.18 Å². The lowest BCUT2D eigenvalue weighted by Crippen LogP contribution is -1.89. The smallest absolute Gasteiger partial charge is 0.147 e. The topological polar surface area (TPSA) is 17.1 Å². The third-order valence-electron chi connectivity index (χ3n) is 2.04. The molecule has 0 saturated carbocycles. The van der Waals surface area contributed by atoms with E-state index in [9.17, 15) is 9.18 Å². The van der Waals surface area contributed by atoms with Crippen molar-refractivity contribution in [1.29, 1.82) is 0 Å². The summed E-state index contributed by atoms with van der Waals surface area (Å²) in [5.74, 6) is -0.314. The Morgan fingerprint density at radius 1 is 1.40 bits per heavy atom. The molecule has 0 N–H and O–H groups in total. The monoisotopic (exact) mass is 226 g/mol. The highest BCUT2D eigenvalue weighted by molar-refractivity contribution is 6.50. The highest BCUT2D eigenvalue weighted by atomic mass is 35.5. The first-order valence-electron chi connectivity index (χ1n) is 4.78. The maximum atomic E-state index is 12.7. The van der Waals surface area contributed by atoms with E-state index in [4.69, 9.17) is 11.6 Å². The minimum absolute atomic E-state index is 0.314. The molecular formula is C12H12ClFO. The largest absolute Gasteiger partial charge is 0.298 e. The number of allylic oxidation sites excluding steroid dienone is 1. The molecule has 0 aromatic heterocycles. The van der Waals surface area contributed by atoms with Crippen LogP contribution in [-0.2, 0) is 4.79 Å². The lowest BCUT2D eigenvalue weighted by molar-refractivity contribution is -0.105. The summed E-state index contributed by atoms with van der Waals surface area (Å²) >= 11 is 6.03. The number of halogens is 2. The first-order valence-corrected chi connectivity index (χ1v) is 5.16. The average Bonchev–Trinajstić information content (AvgIpc) is 2.26. The number of carbonyl (C=O) groups is 1. The Morgan fingerprint density at radius 2 is 2.00 bits per heavy atom. The molecule has 0 aliphatic heterocycles. The van der Waals surface area contributed by atoms with E-state index in [0.29, 0.717) is 22.6 Å². The van der Waals surface area contributed by atoms with Crippen LogP contribution in [0.4, 0.5) is 4.39 Å². The number of carbonyl (C=O) groups excluding carboxylic acids is 1. The molecule has 0 amide bonds. The van der Waals surface area contributed by atoms with E-state index in [-0.39, 0.29) is 5.82 Å². The first-order chi connectivity index (χ1) is 7.19. The van der Waals surface area contributed by atoms with Crippen LogP contribution in [0, 0.1) is 5.82 Å². The van der Waals surface area contributed by atoms with Crippen molar-refractivity contribution in [3.63, 3.8) is 0 Å². The molecule has 80 valence electrons. The second-order valence-electron chi connectivity index (χ2n) is 3.21. The van der Waals surface area contributed by atoms with Gasteiger partial charge in [-0.1, -0.05) is 37.1 Å². The molecule has 3 heteroatoms. The maximum Gasteiger partial charge on any atom is 0.147 e. The molecule has 0 atom stereocenters. The fourth-order valence-corrected chi connectivity index (χ4v) is 1.54. The lowest BCUT2D eigenvalue weighted by Gasteiger charge is -2.03. The highest BCUT2D eigenvalue weighted by Gasteiger charge is 2.05. The Hall–Kier alpha value is -1.15. The van der Waals surface area contributed by atoms with Crippen molar-refractivity contribution in [2.75, 3.05) is 0 Å². The number of aldehydes is 1. The van der Waals surface area contributed by atoms with Crippen LogP contribution >= 0.6 is 11.6 Å². The molecule has 1 nitrogen and oxygen atoms in total. The van der Waals surface area contributed by atoms with Crippen LogP contribution in [0.3, 0.4) is 0 Å². The summed E-state index contributed by atoms with van der Waals surface area (Å²) in [6.07, 6.45) is 2.25. The van der Waals surface area contributed by atoms with Crippen molar-refractivity contribution in [1.82, 2.24) is 0 Å². The Kier molecular flexibility index (Phi) is 4.50. The quantitative estimate of drug-likeness (QED) is 0.564. The molecule has 0 aliphatic carbocycles. The van der Waals surface area contributed by atoms with Gasteiger partial charge in [0.05, 0.1) is 5.03 Å². The molecule has 1 aromatic carbocycles. The minimum atomic E-state index is -0.314. The zero-order valence-electron chi connectivity index (χ0n) is 8.47. The molecule has 0 radical (unpaired) electrons. The molecule has 1 rings (SSSR count). The third kappa shape index (κ3) is 3.17. The zero-order chi connectivity index (χ0) is 11.3. The number of rotatable bonds is 4. The van der Waals surface area contributed by atoms with Gasteiger partial charge in [-0.3, -0.25) is 4.79 Å². The fraction of sp³-hybridized carbons (Fsp3) is 0.250.